The number of nitrogens with one attached hydrogen (secondary N) is 1. The quantitative estimate of drug-likeness (QED) is 0.822. The molecule has 0 saturated carbocycles. The number of rotatable bonds is 5. The number of halogens is 1. The molecule has 0 spiro atoms. The second-order valence-electron chi connectivity index (χ2n) is 5.53. The summed E-state index contributed by atoms with van der Waals surface area (Å²) in [7, 11) is -3.64. The van der Waals surface area contributed by atoms with Crippen molar-refractivity contribution in [2.75, 3.05) is 31.1 Å². The highest BCUT2D eigenvalue weighted by atomic mass is 35.5. The summed E-state index contributed by atoms with van der Waals surface area (Å²) in [6.45, 7) is 6.40. The highest BCUT2D eigenvalue weighted by Crippen LogP contribution is 2.21. The van der Waals surface area contributed by atoms with Crippen molar-refractivity contribution in [2.24, 2.45) is 0 Å². The predicted octanol–water partition coefficient (Wildman–Crippen LogP) is 1.84. The van der Waals surface area contributed by atoms with Crippen LogP contribution in [0.15, 0.2) is 23.2 Å². The van der Waals surface area contributed by atoms with E-state index in [4.69, 9.17) is 11.6 Å². The molecule has 2 heterocycles. The first-order valence-electron chi connectivity index (χ1n) is 6.76. The SMILES string of the molecule is CC(C)(CNS(=O)(=O)c1cccnc1Cl)N1CCSCC1. The van der Waals surface area contributed by atoms with Crippen LogP contribution in [0.2, 0.25) is 5.15 Å². The summed E-state index contributed by atoms with van der Waals surface area (Å²) in [6, 6.07) is 3.02. The molecule has 1 aliphatic heterocycles. The Balaban J connectivity index is 2.06. The molecule has 0 radical (unpaired) electrons. The number of sulfonamides is 1. The molecule has 5 nitrogen and oxygen atoms in total. The molecule has 0 aromatic carbocycles. The summed E-state index contributed by atoms with van der Waals surface area (Å²) in [4.78, 5) is 6.15. The summed E-state index contributed by atoms with van der Waals surface area (Å²) >= 11 is 7.80. The van der Waals surface area contributed by atoms with Gasteiger partial charge >= 0.3 is 0 Å². The second kappa shape index (κ2) is 6.83. The molecule has 1 aliphatic rings. The molecule has 1 fully saturated rings. The molecular weight excluding hydrogens is 330 g/mol. The molecule has 1 aromatic heterocycles. The van der Waals surface area contributed by atoms with E-state index in [0.29, 0.717) is 6.54 Å². The zero-order chi connectivity index (χ0) is 15.5. The van der Waals surface area contributed by atoms with Crippen LogP contribution in [-0.4, -0.2) is 55.0 Å². The van der Waals surface area contributed by atoms with Crippen LogP contribution in [0.3, 0.4) is 0 Å². The standard InChI is InChI=1S/C13H20ClN3O2S2/c1-13(2,17-6-8-20-9-7-17)10-16-21(18,19)11-4-3-5-15-12(11)14/h3-5,16H,6-10H2,1-2H3. The van der Waals surface area contributed by atoms with Crippen LogP contribution in [0, 0.1) is 0 Å². The van der Waals surface area contributed by atoms with E-state index in [1.54, 1.807) is 6.07 Å². The maximum absolute atomic E-state index is 12.3. The Kier molecular flexibility index (Phi) is 5.54. The molecule has 1 aromatic rings. The van der Waals surface area contributed by atoms with Gasteiger partial charge in [-0.2, -0.15) is 11.8 Å². The molecular formula is C13H20ClN3O2S2. The fourth-order valence-corrected chi connectivity index (χ4v) is 4.76. The first-order valence-corrected chi connectivity index (χ1v) is 9.77. The lowest BCUT2D eigenvalue weighted by molar-refractivity contribution is 0.138. The zero-order valence-corrected chi connectivity index (χ0v) is 14.6. The maximum Gasteiger partial charge on any atom is 0.243 e. The van der Waals surface area contributed by atoms with Gasteiger partial charge in [-0.15, -0.1) is 0 Å². The summed E-state index contributed by atoms with van der Waals surface area (Å²) in [5, 5.41) is -0.00261. The molecule has 2 rings (SSSR count). The van der Waals surface area contributed by atoms with E-state index in [1.165, 1.54) is 12.3 Å². The van der Waals surface area contributed by atoms with Crippen LogP contribution >= 0.6 is 23.4 Å². The first-order chi connectivity index (χ1) is 9.83. The van der Waals surface area contributed by atoms with Crippen LogP contribution in [0.1, 0.15) is 13.8 Å². The topological polar surface area (TPSA) is 62.3 Å². The van der Waals surface area contributed by atoms with Gasteiger partial charge in [0.05, 0.1) is 0 Å². The lowest BCUT2D eigenvalue weighted by atomic mass is 10.0. The van der Waals surface area contributed by atoms with Crippen LogP contribution < -0.4 is 4.72 Å². The average Bonchev–Trinajstić information content (AvgIpc) is 2.47. The summed E-state index contributed by atoms with van der Waals surface area (Å²) in [6.07, 6.45) is 1.47. The van der Waals surface area contributed by atoms with Crippen molar-refractivity contribution in [1.29, 1.82) is 0 Å². The van der Waals surface area contributed by atoms with Crippen LogP contribution in [0.25, 0.3) is 0 Å². The summed E-state index contributed by atoms with van der Waals surface area (Å²) in [5.74, 6) is 2.18. The van der Waals surface area contributed by atoms with E-state index in [2.05, 4.69) is 28.5 Å². The van der Waals surface area contributed by atoms with Gasteiger partial charge in [-0.1, -0.05) is 11.6 Å². The third kappa shape index (κ3) is 4.32. The van der Waals surface area contributed by atoms with Crippen molar-refractivity contribution in [3.05, 3.63) is 23.5 Å². The minimum atomic E-state index is -3.64. The summed E-state index contributed by atoms with van der Waals surface area (Å²) < 4.78 is 27.3. The van der Waals surface area contributed by atoms with Crippen molar-refractivity contribution >= 4 is 33.4 Å². The van der Waals surface area contributed by atoms with Crippen LogP contribution in [-0.2, 0) is 10.0 Å². The Morgan fingerprint density at radius 2 is 2.10 bits per heavy atom. The lowest BCUT2D eigenvalue weighted by Crippen LogP contribution is -2.54. The van der Waals surface area contributed by atoms with E-state index in [1.807, 2.05) is 11.8 Å². The number of hydrogen-bond donors (Lipinski definition) is 1. The number of pyridine rings is 1. The van der Waals surface area contributed by atoms with Crippen molar-refractivity contribution in [3.63, 3.8) is 0 Å². The van der Waals surface area contributed by atoms with Crippen LogP contribution in [0.4, 0.5) is 0 Å². The number of nitrogens with zero attached hydrogens (tertiary/aromatic N) is 2. The Bertz CT molecular complexity index is 587. The molecule has 0 aliphatic carbocycles. The van der Waals surface area contributed by atoms with Gasteiger partial charge in [0, 0.05) is 42.9 Å². The van der Waals surface area contributed by atoms with Gasteiger partial charge in [0.15, 0.2) is 0 Å². The number of hydrogen-bond acceptors (Lipinski definition) is 5. The number of aromatic nitrogens is 1. The molecule has 0 atom stereocenters. The smallest absolute Gasteiger partial charge is 0.243 e. The number of thioether (sulfide) groups is 1. The largest absolute Gasteiger partial charge is 0.295 e. The van der Waals surface area contributed by atoms with E-state index in [-0.39, 0.29) is 15.6 Å². The Morgan fingerprint density at radius 1 is 1.43 bits per heavy atom. The van der Waals surface area contributed by atoms with E-state index in [9.17, 15) is 8.42 Å². The van der Waals surface area contributed by atoms with Gasteiger partial charge in [-0.25, -0.2) is 18.1 Å². The fraction of sp³-hybridized carbons (Fsp3) is 0.615. The molecule has 1 saturated heterocycles. The Morgan fingerprint density at radius 3 is 2.71 bits per heavy atom. The van der Waals surface area contributed by atoms with Gasteiger partial charge in [-0.3, -0.25) is 4.90 Å². The van der Waals surface area contributed by atoms with Gasteiger partial charge < -0.3 is 0 Å². The molecule has 0 unspecified atom stereocenters. The third-order valence-electron chi connectivity index (χ3n) is 3.58. The van der Waals surface area contributed by atoms with Crippen molar-refractivity contribution in [3.8, 4) is 0 Å². The third-order valence-corrected chi connectivity index (χ3v) is 6.36. The maximum atomic E-state index is 12.3. The predicted molar refractivity (Wildman–Crippen MR) is 87.4 cm³/mol. The molecule has 21 heavy (non-hydrogen) atoms. The van der Waals surface area contributed by atoms with Gasteiger partial charge in [-0.05, 0) is 26.0 Å². The second-order valence-corrected chi connectivity index (χ2v) is 8.85. The monoisotopic (exact) mass is 349 g/mol. The van der Waals surface area contributed by atoms with E-state index >= 15 is 0 Å². The normalized spacial score (nSPS) is 17.9. The highest BCUT2D eigenvalue weighted by molar-refractivity contribution is 7.99. The molecule has 1 N–H and O–H groups in total. The summed E-state index contributed by atoms with van der Waals surface area (Å²) in [5.41, 5.74) is -0.233. The van der Waals surface area contributed by atoms with E-state index in [0.717, 1.165) is 24.6 Å². The molecule has 0 amide bonds. The molecule has 8 heteroatoms. The van der Waals surface area contributed by atoms with Gasteiger partial charge in [0.1, 0.15) is 10.0 Å². The lowest BCUT2D eigenvalue weighted by Gasteiger charge is -2.40. The van der Waals surface area contributed by atoms with Gasteiger partial charge in [0.25, 0.3) is 0 Å². The van der Waals surface area contributed by atoms with E-state index < -0.39 is 10.0 Å². The minimum absolute atomic E-state index is 0.00261. The Hall–Kier alpha value is -0.340. The molecule has 0 bridgehead atoms. The molecule has 118 valence electrons. The van der Waals surface area contributed by atoms with Crippen molar-refractivity contribution in [1.82, 2.24) is 14.6 Å². The fourth-order valence-electron chi connectivity index (χ4n) is 2.20. The highest BCUT2D eigenvalue weighted by Gasteiger charge is 2.30. The van der Waals surface area contributed by atoms with Crippen molar-refractivity contribution < 1.29 is 8.42 Å². The average molecular weight is 350 g/mol. The Labute approximate surface area is 135 Å². The minimum Gasteiger partial charge on any atom is -0.295 e. The van der Waals surface area contributed by atoms with Crippen LogP contribution in [0.5, 0.6) is 0 Å². The van der Waals surface area contributed by atoms with Crippen molar-refractivity contribution in [2.45, 2.75) is 24.3 Å². The first kappa shape index (κ1) is 17.0. The van der Waals surface area contributed by atoms with Gasteiger partial charge in [0.2, 0.25) is 10.0 Å². The zero-order valence-electron chi connectivity index (χ0n) is 12.2.